The number of hydrogen-bond acceptors (Lipinski definition) is 2. The van der Waals surface area contributed by atoms with Gasteiger partial charge in [-0.25, -0.2) is 0 Å². The van der Waals surface area contributed by atoms with Crippen molar-refractivity contribution in [3.05, 3.63) is 12.7 Å². The lowest BCUT2D eigenvalue weighted by atomic mass is 10.1. The number of unbranched alkanes of at least 4 members (excludes halogenated alkanes) is 2. The van der Waals surface area contributed by atoms with Gasteiger partial charge in [0.25, 0.3) is 0 Å². The molecule has 0 heterocycles. The average Bonchev–Trinajstić information content (AvgIpc) is 2.14. The van der Waals surface area contributed by atoms with Gasteiger partial charge in [0.1, 0.15) is 6.04 Å². The first kappa shape index (κ1) is 15.0. The maximum Gasteiger partial charge on any atom is 0.403 e. The van der Waals surface area contributed by atoms with Crippen LogP contribution in [-0.4, -0.2) is 29.8 Å². The third-order valence-corrected chi connectivity index (χ3v) is 2.05. The number of hydrogen-bond donors (Lipinski definition) is 2. The first-order chi connectivity index (χ1) is 7.38. The molecular formula is C10H16F3NO2. The molecule has 0 saturated heterocycles. The summed E-state index contributed by atoms with van der Waals surface area (Å²) in [4.78, 5) is 10.2. The van der Waals surface area contributed by atoms with Gasteiger partial charge in [0.15, 0.2) is 0 Å². The van der Waals surface area contributed by atoms with Crippen LogP contribution >= 0.6 is 0 Å². The normalized spacial score (nSPS) is 13.4. The van der Waals surface area contributed by atoms with Crippen LogP contribution in [0.1, 0.15) is 25.7 Å². The van der Waals surface area contributed by atoms with Gasteiger partial charge >= 0.3 is 12.1 Å². The molecule has 0 radical (unpaired) electrons. The van der Waals surface area contributed by atoms with Gasteiger partial charge in [-0.3, -0.25) is 10.1 Å². The Hall–Kier alpha value is -1.04. The zero-order chi connectivity index (χ0) is 12.6. The van der Waals surface area contributed by atoms with E-state index in [9.17, 15) is 18.0 Å². The largest absolute Gasteiger partial charge is 0.480 e. The highest BCUT2D eigenvalue weighted by molar-refractivity contribution is 5.69. The van der Waals surface area contributed by atoms with Crippen LogP contribution in [0.25, 0.3) is 0 Å². The first-order valence-electron chi connectivity index (χ1n) is 5.00. The minimum Gasteiger partial charge on any atom is -0.480 e. The van der Waals surface area contributed by atoms with E-state index in [1.807, 2.05) is 5.32 Å². The molecule has 16 heavy (non-hydrogen) atoms. The predicted octanol–water partition coefficient (Wildman–Crippen LogP) is 2.34. The van der Waals surface area contributed by atoms with Crippen molar-refractivity contribution in [2.45, 2.75) is 37.9 Å². The fourth-order valence-electron chi connectivity index (χ4n) is 1.23. The Morgan fingerprint density at radius 1 is 1.44 bits per heavy atom. The monoisotopic (exact) mass is 239 g/mol. The molecule has 1 unspecified atom stereocenters. The van der Waals surface area contributed by atoms with Gasteiger partial charge in [-0.15, -0.1) is 6.58 Å². The third-order valence-electron chi connectivity index (χ3n) is 2.05. The number of carboxylic acids is 1. The number of halogens is 3. The fourth-order valence-corrected chi connectivity index (χ4v) is 1.23. The van der Waals surface area contributed by atoms with E-state index in [0.29, 0.717) is 19.3 Å². The molecule has 0 aromatic rings. The van der Waals surface area contributed by atoms with Crippen LogP contribution in [0.2, 0.25) is 0 Å². The smallest absolute Gasteiger partial charge is 0.403 e. The molecule has 0 aliphatic rings. The van der Waals surface area contributed by atoms with E-state index in [2.05, 4.69) is 6.58 Å². The quantitative estimate of drug-likeness (QED) is 0.505. The molecule has 0 bridgehead atoms. The molecule has 0 aromatic carbocycles. The maximum atomic E-state index is 12.4. The summed E-state index contributed by atoms with van der Waals surface area (Å²) in [5, 5.41) is 10.3. The summed E-state index contributed by atoms with van der Waals surface area (Å²) in [6.45, 7) is 2.80. The van der Waals surface area contributed by atoms with E-state index in [1.54, 1.807) is 6.08 Å². The van der Waals surface area contributed by atoms with E-state index in [0.717, 1.165) is 0 Å². The summed E-state index contributed by atoms with van der Waals surface area (Å²) in [6, 6.07) is -1.74. The first-order valence-corrected chi connectivity index (χ1v) is 5.00. The van der Waals surface area contributed by atoms with Crippen molar-refractivity contribution >= 4 is 5.97 Å². The summed E-state index contributed by atoms with van der Waals surface area (Å²) in [7, 11) is 0. The Morgan fingerprint density at radius 3 is 2.50 bits per heavy atom. The molecule has 2 N–H and O–H groups in total. The van der Waals surface area contributed by atoms with E-state index in [4.69, 9.17) is 5.11 Å². The fraction of sp³-hybridized carbons (Fsp3) is 0.700. The number of carboxylic acid groups (broad SMARTS) is 1. The third kappa shape index (κ3) is 7.28. The summed E-state index contributed by atoms with van der Waals surface area (Å²) in [5.41, 5.74) is 0. The van der Waals surface area contributed by atoms with Crippen molar-refractivity contribution in [2.24, 2.45) is 0 Å². The van der Waals surface area contributed by atoms with Crippen molar-refractivity contribution in [2.75, 3.05) is 6.54 Å². The number of rotatable bonds is 8. The lowest BCUT2D eigenvalue weighted by molar-refractivity contribution is -0.159. The zero-order valence-corrected chi connectivity index (χ0v) is 8.89. The highest BCUT2D eigenvalue weighted by atomic mass is 19.4. The van der Waals surface area contributed by atoms with Crippen molar-refractivity contribution in [3.63, 3.8) is 0 Å². The highest BCUT2D eigenvalue weighted by Crippen LogP contribution is 2.24. The molecule has 0 aromatic heterocycles. The molecule has 0 saturated carbocycles. The maximum absolute atomic E-state index is 12.4. The van der Waals surface area contributed by atoms with E-state index >= 15 is 0 Å². The van der Waals surface area contributed by atoms with Crippen LogP contribution < -0.4 is 5.32 Å². The molecule has 1 atom stereocenters. The van der Waals surface area contributed by atoms with Gasteiger partial charge < -0.3 is 5.11 Å². The molecule has 0 amide bonds. The molecule has 0 aliphatic carbocycles. The van der Waals surface area contributed by atoms with Crippen LogP contribution in [-0.2, 0) is 4.79 Å². The number of nitrogens with one attached hydrogen (secondary N) is 1. The molecular weight excluding hydrogens is 223 g/mol. The lowest BCUT2D eigenvalue weighted by Gasteiger charge is -2.20. The molecule has 6 heteroatoms. The number of allylic oxidation sites excluding steroid dienone is 1. The highest BCUT2D eigenvalue weighted by Gasteiger charge is 2.38. The van der Waals surface area contributed by atoms with Crippen molar-refractivity contribution in [3.8, 4) is 0 Å². The Morgan fingerprint density at radius 2 is 2.06 bits per heavy atom. The molecule has 0 spiro atoms. The van der Waals surface area contributed by atoms with Gasteiger partial charge in [-0.2, -0.15) is 13.2 Å². The number of carbonyl (C=O) groups is 1. The zero-order valence-electron chi connectivity index (χ0n) is 8.89. The second-order valence-electron chi connectivity index (χ2n) is 3.44. The van der Waals surface area contributed by atoms with Crippen molar-refractivity contribution < 1.29 is 23.1 Å². The molecule has 0 rings (SSSR count). The van der Waals surface area contributed by atoms with E-state index in [-0.39, 0.29) is 6.42 Å². The van der Waals surface area contributed by atoms with Gasteiger partial charge in [-0.05, 0) is 19.3 Å². The minimum atomic E-state index is -4.40. The van der Waals surface area contributed by atoms with Crippen LogP contribution in [0.4, 0.5) is 13.2 Å². The molecule has 3 nitrogen and oxygen atoms in total. The van der Waals surface area contributed by atoms with Gasteiger partial charge in [0, 0.05) is 0 Å². The lowest BCUT2D eigenvalue weighted by Crippen LogP contribution is -2.44. The van der Waals surface area contributed by atoms with E-state index < -0.39 is 24.7 Å². The van der Waals surface area contributed by atoms with Crippen LogP contribution in [0, 0.1) is 0 Å². The van der Waals surface area contributed by atoms with Crippen molar-refractivity contribution in [1.29, 1.82) is 0 Å². The number of alkyl halides is 3. The minimum absolute atomic E-state index is 0.107. The average molecular weight is 239 g/mol. The van der Waals surface area contributed by atoms with Gasteiger partial charge in [-0.1, -0.05) is 12.5 Å². The molecule has 0 aliphatic heterocycles. The Kier molecular flexibility index (Phi) is 6.80. The van der Waals surface area contributed by atoms with Crippen LogP contribution in [0.3, 0.4) is 0 Å². The van der Waals surface area contributed by atoms with Crippen LogP contribution in [0.15, 0.2) is 12.7 Å². The van der Waals surface area contributed by atoms with Gasteiger partial charge in [0.2, 0.25) is 0 Å². The second kappa shape index (κ2) is 7.27. The predicted molar refractivity (Wildman–Crippen MR) is 54.1 cm³/mol. The van der Waals surface area contributed by atoms with Crippen LogP contribution in [0.5, 0.6) is 0 Å². The Labute approximate surface area is 92.3 Å². The summed E-state index contributed by atoms with van der Waals surface area (Å²) < 4.78 is 37.2. The molecule has 0 fully saturated rings. The SMILES string of the molecule is C=CCCCCC(NCC(=O)O)C(F)(F)F. The summed E-state index contributed by atoms with van der Waals surface area (Å²) in [6.07, 6.45) is -1.17. The second-order valence-corrected chi connectivity index (χ2v) is 3.44. The Balaban J connectivity index is 4.01. The topological polar surface area (TPSA) is 49.3 Å². The molecule has 94 valence electrons. The van der Waals surface area contributed by atoms with E-state index in [1.165, 1.54) is 0 Å². The number of aliphatic carboxylic acids is 1. The standard InChI is InChI=1S/C10H16F3NO2/c1-2-3-4-5-6-8(10(11,12)13)14-7-9(15)16/h2,8,14H,1,3-7H2,(H,15,16). The summed E-state index contributed by atoms with van der Waals surface area (Å²) in [5.74, 6) is -1.29. The Bertz CT molecular complexity index is 229. The van der Waals surface area contributed by atoms with Crippen molar-refractivity contribution in [1.82, 2.24) is 5.32 Å². The summed E-state index contributed by atoms with van der Waals surface area (Å²) >= 11 is 0. The van der Waals surface area contributed by atoms with Gasteiger partial charge in [0.05, 0.1) is 6.54 Å².